The maximum Gasteiger partial charge on any atom is 0.345 e. The number of hydrogen-bond donors (Lipinski definition) is 0. The Bertz CT molecular complexity index is 1530. The molecule has 9 nitrogen and oxygen atoms in total. The fourth-order valence-corrected chi connectivity index (χ4v) is 5.25. The molecule has 0 radical (unpaired) electrons. The number of anilines is 3. The lowest BCUT2D eigenvalue weighted by Crippen LogP contribution is -2.25. The van der Waals surface area contributed by atoms with Gasteiger partial charge in [0.1, 0.15) is 23.0 Å². The summed E-state index contributed by atoms with van der Waals surface area (Å²) >= 11 is -2.83. The van der Waals surface area contributed by atoms with Crippen molar-refractivity contribution in [3.05, 3.63) is 83.1 Å². The highest BCUT2D eigenvalue weighted by molar-refractivity contribution is 7.81. The number of hydrogen-bond acceptors (Lipinski definition) is 7. The molecule has 0 N–H and O–H groups in total. The molecular formula is C26H24F2N5O4S-. The first kappa shape index (κ1) is 25.7. The zero-order valence-electron chi connectivity index (χ0n) is 20.6. The van der Waals surface area contributed by atoms with E-state index in [1.165, 1.54) is 10.6 Å². The minimum absolute atomic E-state index is 0.0490. The average Bonchev–Trinajstić information content (AvgIpc) is 3.51. The minimum atomic E-state index is -2.83. The van der Waals surface area contributed by atoms with Gasteiger partial charge in [0.15, 0.2) is 11.5 Å². The van der Waals surface area contributed by atoms with Crippen LogP contribution in [-0.4, -0.2) is 42.5 Å². The van der Waals surface area contributed by atoms with Crippen molar-refractivity contribution in [2.24, 2.45) is 0 Å². The first-order valence-corrected chi connectivity index (χ1v) is 13.1. The predicted octanol–water partition coefficient (Wildman–Crippen LogP) is 4.77. The third kappa shape index (κ3) is 4.72. The van der Waals surface area contributed by atoms with Crippen LogP contribution < -0.4 is 9.21 Å². The van der Waals surface area contributed by atoms with Crippen molar-refractivity contribution >= 4 is 40.2 Å². The molecule has 12 heteroatoms. The summed E-state index contributed by atoms with van der Waals surface area (Å²) < 4.78 is 60.7. The number of aryl methyl sites for hydroxylation is 1. The molecule has 0 amide bonds. The fraction of sp³-hybridized carbons (Fsp3) is 0.269. The molecule has 0 aliphatic carbocycles. The van der Waals surface area contributed by atoms with Crippen LogP contribution in [0.25, 0.3) is 5.65 Å². The molecule has 38 heavy (non-hydrogen) atoms. The number of aromatic nitrogens is 3. The second kappa shape index (κ2) is 10.5. The van der Waals surface area contributed by atoms with Gasteiger partial charge in [-0.3, -0.25) is 8.51 Å². The summed E-state index contributed by atoms with van der Waals surface area (Å²) in [7, 11) is 0. The van der Waals surface area contributed by atoms with E-state index < -0.39 is 34.9 Å². The number of nitrogens with zero attached hydrogens (tertiary/aromatic N) is 5. The van der Waals surface area contributed by atoms with Gasteiger partial charge in [-0.2, -0.15) is 0 Å². The van der Waals surface area contributed by atoms with Crippen molar-refractivity contribution in [1.29, 1.82) is 0 Å². The summed E-state index contributed by atoms with van der Waals surface area (Å²) in [6, 6.07) is 11.2. The van der Waals surface area contributed by atoms with Crippen molar-refractivity contribution in [3.63, 3.8) is 0 Å². The van der Waals surface area contributed by atoms with E-state index in [4.69, 9.17) is 4.74 Å². The van der Waals surface area contributed by atoms with Gasteiger partial charge in [0.05, 0.1) is 29.6 Å². The molecule has 2 unspecified atom stereocenters. The quantitative estimate of drug-likeness (QED) is 0.246. The number of fused-ring (bicyclic) bond motifs is 1. The molecule has 1 saturated heterocycles. The normalized spacial score (nSPS) is 16.1. The highest BCUT2D eigenvalue weighted by Crippen LogP contribution is 2.38. The largest absolute Gasteiger partial charge is 0.755 e. The van der Waals surface area contributed by atoms with Gasteiger partial charge in [-0.1, -0.05) is 17.7 Å². The number of rotatable bonds is 7. The predicted molar refractivity (Wildman–Crippen MR) is 137 cm³/mol. The zero-order valence-corrected chi connectivity index (χ0v) is 21.5. The maximum atomic E-state index is 14.6. The Morgan fingerprint density at radius 2 is 1.97 bits per heavy atom. The van der Waals surface area contributed by atoms with E-state index in [0.29, 0.717) is 18.8 Å². The lowest BCUT2D eigenvalue weighted by molar-refractivity contribution is 0.0529. The van der Waals surface area contributed by atoms with E-state index in [1.807, 2.05) is 11.8 Å². The zero-order chi connectivity index (χ0) is 27.0. The molecule has 5 rings (SSSR count). The van der Waals surface area contributed by atoms with Crippen molar-refractivity contribution in [2.75, 3.05) is 22.4 Å². The Kier molecular flexibility index (Phi) is 7.09. The first-order valence-electron chi connectivity index (χ1n) is 12.0. The van der Waals surface area contributed by atoms with Crippen LogP contribution in [0.2, 0.25) is 0 Å². The van der Waals surface area contributed by atoms with Crippen LogP contribution in [0.5, 0.6) is 0 Å². The van der Waals surface area contributed by atoms with Gasteiger partial charge in [-0.05, 0) is 63.1 Å². The summed E-state index contributed by atoms with van der Waals surface area (Å²) in [5.74, 6) is -1.61. The van der Waals surface area contributed by atoms with Crippen molar-refractivity contribution < 1.29 is 27.1 Å². The van der Waals surface area contributed by atoms with E-state index in [-0.39, 0.29) is 34.9 Å². The Hall–Kier alpha value is -3.90. The molecule has 2 aromatic heterocycles. The smallest absolute Gasteiger partial charge is 0.345 e. The van der Waals surface area contributed by atoms with Crippen molar-refractivity contribution in [2.45, 2.75) is 32.7 Å². The molecule has 2 aromatic carbocycles. The van der Waals surface area contributed by atoms with Gasteiger partial charge in [0, 0.05) is 18.3 Å². The number of halogens is 2. The van der Waals surface area contributed by atoms with Crippen LogP contribution in [-0.2, 0) is 16.0 Å². The average molecular weight is 541 g/mol. The standard InChI is InChI=1S/C26H25F2N5O4S/c1-3-37-26(34)23-24-29-22(31-13-4-5-21(31)19-15-17(27)8-11-20(19)28)12-14-32(24)30-25(23)33(38(35)36)18-9-6-16(2)7-10-18/h6-12,14-15,21H,3-5,13H2,1-2H3,(H,35,36)/p-1. The Balaban J connectivity index is 1.64. The van der Waals surface area contributed by atoms with Crippen molar-refractivity contribution in [3.8, 4) is 0 Å². The number of esters is 1. The van der Waals surface area contributed by atoms with Gasteiger partial charge >= 0.3 is 5.97 Å². The number of ether oxygens (including phenoxy) is 1. The maximum absolute atomic E-state index is 14.6. The molecule has 0 saturated carbocycles. The summed E-state index contributed by atoms with van der Waals surface area (Å²) in [5, 5.41) is 4.37. The highest BCUT2D eigenvalue weighted by Gasteiger charge is 2.32. The van der Waals surface area contributed by atoms with Gasteiger partial charge in [0.2, 0.25) is 0 Å². The first-order chi connectivity index (χ1) is 18.3. The van der Waals surface area contributed by atoms with E-state index in [1.54, 1.807) is 43.5 Å². The van der Waals surface area contributed by atoms with E-state index in [2.05, 4.69) is 10.1 Å². The summed E-state index contributed by atoms with van der Waals surface area (Å²) in [6.07, 6.45) is 2.85. The molecule has 198 valence electrons. The van der Waals surface area contributed by atoms with Crippen LogP contribution in [0.15, 0.2) is 54.7 Å². The highest BCUT2D eigenvalue weighted by atomic mass is 32.2. The number of benzene rings is 2. The monoisotopic (exact) mass is 540 g/mol. The summed E-state index contributed by atoms with van der Waals surface area (Å²) in [4.78, 5) is 19.6. The van der Waals surface area contributed by atoms with E-state index >= 15 is 0 Å². The van der Waals surface area contributed by atoms with Gasteiger partial charge in [-0.15, -0.1) is 5.10 Å². The summed E-state index contributed by atoms with van der Waals surface area (Å²) in [5.41, 5.74) is 1.36. The third-order valence-electron chi connectivity index (χ3n) is 6.41. The molecular weight excluding hydrogens is 516 g/mol. The Labute approximate surface area is 220 Å². The van der Waals surface area contributed by atoms with Crippen LogP contribution >= 0.6 is 0 Å². The minimum Gasteiger partial charge on any atom is -0.755 e. The number of carbonyl (C=O) groups is 1. The molecule has 3 heterocycles. The second-order valence-corrected chi connectivity index (χ2v) is 9.64. The van der Waals surface area contributed by atoms with Crippen LogP contribution in [0.3, 0.4) is 0 Å². The van der Waals surface area contributed by atoms with Gasteiger partial charge in [0.25, 0.3) is 0 Å². The molecule has 1 aliphatic rings. The van der Waals surface area contributed by atoms with E-state index in [0.717, 1.165) is 28.4 Å². The Morgan fingerprint density at radius 3 is 2.68 bits per heavy atom. The molecule has 1 aliphatic heterocycles. The lowest BCUT2D eigenvalue weighted by atomic mass is 10.0. The topological polar surface area (TPSA) is 103 Å². The lowest BCUT2D eigenvalue weighted by Gasteiger charge is -2.26. The third-order valence-corrected chi connectivity index (χ3v) is 7.09. The fourth-order valence-electron chi connectivity index (χ4n) is 4.69. The SMILES string of the molecule is CCOC(=O)c1c(N(c2ccc(C)cc2)S(=O)[O-])nn2ccc(N3CCCC3c3cc(F)ccc3F)nc12. The van der Waals surface area contributed by atoms with Gasteiger partial charge < -0.3 is 14.2 Å². The molecule has 2 atom stereocenters. The van der Waals surface area contributed by atoms with Crippen LogP contribution in [0.1, 0.15) is 47.3 Å². The Morgan fingerprint density at radius 1 is 1.21 bits per heavy atom. The van der Waals surface area contributed by atoms with Gasteiger partial charge in [-0.25, -0.2) is 23.1 Å². The number of carbonyl (C=O) groups excluding carboxylic acids is 1. The molecule has 4 aromatic rings. The second-order valence-electron chi connectivity index (χ2n) is 8.84. The molecule has 0 spiro atoms. The molecule has 0 bridgehead atoms. The van der Waals surface area contributed by atoms with Crippen molar-refractivity contribution in [1.82, 2.24) is 14.6 Å². The van der Waals surface area contributed by atoms with Crippen LogP contribution in [0.4, 0.5) is 26.1 Å². The van der Waals surface area contributed by atoms with E-state index in [9.17, 15) is 22.3 Å². The summed E-state index contributed by atoms with van der Waals surface area (Å²) in [6.45, 7) is 4.07. The molecule has 1 fully saturated rings. The van der Waals surface area contributed by atoms with Crippen LogP contribution in [0, 0.1) is 18.6 Å².